The molecule has 2 bridgehead atoms. The van der Waals surface area contributed by atoms with Crippen molar-refractivity contribution in [1.29, 1.82) is 0 Å². The number of unbranched alkanes of at least 4 members (excludes halogenated alkanes) is 2. The molecular weight excluding hydrogens is 168 g/mol. The average Bonchev–Trinajstić information content (AvgIpc) is 2.67. The van der Waals surface area contributed by atoms with Crippen LogP contribution in [0.2, 0.25) is 0 Å². The Morgan fingerprint density at radius 3 is 2.71 bits per heavy atom. The maximum atomic E-state index is 2.58. The molecule has 0 N–H and O–H groups in total. The van der Waals surface area contributed by atoms with E-state index in [0.29, 0.717) is 5.41 Å². The normalized spacial score (nSPS) is 36.9. The highest BCUT2D eigenvalue weighted by Gasteiger charge is 2.48. The first kappa shape index (κ1) is 10.3. The third-order valence-electron chi connectivity index (χ3n) is 4.56. The average molecular weight is 192 g/mol. The van der Waals surface area contributed by atoms with Crippen LogP contribution >= 0.6 is 0 Å². The zero-order valence-corrected chi connectivity index (χ0v) is 9.97. The van der Waals surface area contributed by atoms with Crippen molar-refractivity contribution in [3.8, 4) is 0 Å². The molecule has 14 heavy (non-hydrogen) atoms. The van der Waals surface area contributed by atoms with E-state index in [-0.39, 0.29) is 0 Å². The quantitative estimate of drug-likeness (QED) is 0.454. The maximum absolute atomic E-state index is 2.58. The van der Waals surface area contributed by atoms with E-state index >= 15 is 0 Å². The molecule has 0 heteroatoms. The van der Waals surface area contributed by atoms with E-state index in [0.717, 1.165) is 11.8 Å². The number of rotatable bonds is 3. The second-order valence-corrected chi connectivity index (χ2v) is 5.73. The van der Waals surface area contributed by atoms with E-state index in [9.17, 15) is 0 Å². The first-order valence-corrected chi connectivity index (χ1v) is 6.36. The van der Waals surface area contributed by atoms with E-state index in [4.69, 9.17) is 0 Å². The Morgan fingerprint density at radius 1 is 1.36 bits per heavy atom. The molecule has 2 atom stereocenters. The summed E-state index contributed by atoms with van der Waals surface area (Å²) in [4.78, 5) is 0. The predicted octanol–water partition coefficient (Wildman–Crippen LogP) is 4.56. The summed E-state index contributed by atoms with van der Waals surface area (Å²) in [5.41, 5.74) is 2.35. The van der Waals surface area contributed by atoms with Gasteiger partial charge in [-0.1, -0.05) is 45.3 Å². The minimum absolute atomic E-state index is 0.538. The zero-order valence-electron chi connectivity index (χ0n) is 9.97. The molecule has 2 aliphatic carbocycles. The third-order valence-corrected chi connectivity index (χ3v) is 4.56. The van der Waals surface area contributed by atoms with Gasteiger partial charge in [-0.05, 0) is 42.9 Å². The summed E-state index contributed by atoms with van der Waals surface area (Å²) >= 11 is 0. The molecule has 0 spiro atoms. The molecule has 0 nitrogen and oxygen atoms in total. The summed E-state index contributed by atoms with van der Waals surface area (Å²) in [6.07, 6.45) is 11.1. The summed E-state index contributed by atoms with van der Waals surface area (Å²) < 4.78 is 0. The highest BCUT2D eigenvalue weighted by molar-refractivity contribution is 5.25. The van der Waals surface area contributed by atoms with Crippen molar-refractivity contribution in [2.45, 2.75) is 59.3 Å². The molecule has 2 unspecified atom stereocenters. The van der Waals surface area contributed by atoms with Gasteiger partial charge in [0.1, 0.15) is 0 Å². The van der Waals surface area contributed by atoms with Crippen molar-refractivity contribution in [3.63, 3.8) is 0 Å². The van der Waals surface area contributed by atoms with Crippen molar-refractivity contribution in [2.75, 3.05) is 0 Å². The van der Waals surface area contributed by atoms with Crippen LogP contribution in [-0.4, -0.2) is 0 Å². The van der Waals surface area contributed by atoms with Crippen LogP contribution in [0.15, 0.2) is 11.6 Å². The Kier molecular flexibility index (Phi) is 2.72. The Balaban J connectivity index is 2.07. The lowest BCUT2D eigenvalue weighted by molar-refractivity contribution is 0.287. The molecule has 80 valence electrons. The Bertz CT molecular complexity index is 234. The molecule has 0 radical (unpaired) electrons. The fourth-order valence-corrected chi connectivity index (χ4v) is 3.57. The molecule has 0 aromatic rings. The zero-order chi connectivity index (χ0) is 10.2. The minimum atomic E-state index is 0.538. The molecule has 2 fully saturated rings. The van der Waals surface area contributed by atoms with Gasteiger partial charge >= 0.3 is 0 Å². The maximum Gasteiger partial charge on any atom is -0.0113 e. The molecule has 0 heterocycles. The van der Waals surface area contributed by atoms with Crippen LogP contribution in [-0.2, 0) is 0 Å². The summed E-state index contributed by atoms with van der Waals surface area (Å²) in [6.45, 7) is 7.22. The number of fused-ring (bicyclic) bond motifs is 2. The SMILES string of the molecule is CCCCC=C1C2CCC(C2)C1(C)C. The summed E-state index contributed by atoms with van der Waals surface area (Å²) in [5, 5.41) is 0. The highest BCUT2D eigenvalue weighted by Crippen LogP contribution is 2.59. The van der Waals surface area contributed by atoms with Crippen LogP contribution in [0.5, 0.6) is 0 Å². The van der Waals surface area contributed by atoms with Crippen molar-refractivity contribution in [3.05, 3.63) is 11.6 Å². The predicted molar refractivity (Wildman–Crippen MR) is 62.2 cm³/mol. The van der Waals surface area contributed by atoms with E-state index in [1.807, 2.05) is 5.57 Å². The summed E-state index contributed by atoms with van der Waals surface area (Å²) in [7, 11) is 0. The molecule has 0 amide bonds. The largest absolute Gasteiger partial charge is 0.0845 e. The van der Waals surface area contributed by atoms with Crippen LogP contribution in [0, 0.1) is 17.3 Å². The Labute approximate surface area is 88.8 Å². The van der Waals surface area contributed by atoms with Gasteiger partial charge in [0, 0.05) is 0 Å². The van der Waals surface area contributed by atoms with Gasteiger partial charge < -0.3 is 0 Å². The molecule has 0 saturated heterocycles. The monoisotopic (exact) mass is 192 g/mol. The number of hydrogen-bond acceptors (Lipinski definition) is 0. The van der Waals surface area contributed by atoms with Gasteiger partial charge in [0.2, 0.25) is 0 Å². The fourth-order valence-electron chi connectivity index (χ4n) is 3.57. The van der Waals surface area contributed by atoms with Gasteiger partial charge in [0.15, 0.2) is 0 Å². The van der Waals surface area contributed by atoms with Crippen LogP contribution in [0.4, 0.5) is 0 Å². The minimum Gasteiger partial charge on any atom is -0.0845 e. The van der Waals surface area contributed by atoms with E-state index in [1.165, 1.54) is 38.5 Å². The fraction of sp³-hybridized carbons (Fsp3) is 0.857. The second kappa shape index (κ2) is 3.72. The molecular formula is C14H24. The van der Waals surface area contributed by atoms with E-state index in [2.05, 4.69) is 26.8 Å². The smallest absolute Gasteiger partial charge is 0.0113 e. The van der Waals surface area contributed by atoms with Crippen molar-refractivity contribution < 1.29 is 0 Å². The van der Waals surface area contributed by atoms with Crippen molar-refractivity contribution >= 4 is 0 Å². The van der Waals surface area contributed by atoms with Gasteiger partial charge in [-0.3, -0.25) is 0 Å². The summed E-state index contributed by atoms with van der Waals surface area (Å²) in [6, 6.07) is 0. The van der Waals surface area contributed by atoms with Crippen LogP contribution in [0.1, 0.15) is 59.3 Å². The lowest BCUT2D eigenvalue weighted by Gasteiger charge is -2.33. The van der Waals surface area contributed by atoms with Crippen molar-refractivity contribution in [1.82, 2.24) is 0 Å². The van der Waals surface area contributed by atoms with E-state index in [1.54, 1.807) is 0 Å². The molecule has 0 aliphatic heterocycles. The second-order valence-electron chi connectivity index (χ2n) is 5.73. The van der Waals surface area contributed by atoms with Gasteiger partial charge in [-0.15, -0.1) is 0 Å². The molecule has 2 rings (SSSR count). The first-order valence-electron chi connectivity index (χ1n) is 6.36. The highest BCUT2D eigenvalue weighted by atomic mass is 14.5. The third kappa shape index (κ3) is 1.53. The molecule has 0 aromatic heterocycles. The van der Waals surface area contributed by atoms with Crippen LogP contribution < -0.4 is 0 Å². The molecule has 0 aromatic carbocycles. The topological polar surface area (TPSA) is 0 Å². The number of hydrogen-bond donors (Lipinski definition) is 0. The number of allylic oxidation sites excluding steroid dienone is 2. The lowest BCUT2D eigenvalue weighted by Crippen LogP contribution is -2.22. The Morgan fingerprint density at radius 2 is 2.14 bits per heavy atom. The van der Waals surface area contributed by atoms with Gasteiger partial charge in [0.25, 0.3) is 0 Å². The summed E-state index contributed by atoms with van der Waals surface area (Å²) in [5.74, 6) is 1.97. The van der Waals surface area contributed by atoms with E-state index < -0.39 is 0 Å². The Hall–Kier alpha value is -0.260. The van der Waals surface area contributed by atoms with Crippen LogP contribution in [0.3, 0.4) is 0 Å². The van der Waals surface area contributed by atoms with Gasteiger partial charge in [0.05, 0.1) is 0 Å². The molecule has 2 saturated carbocycles. The lowest BCUT2D eigenvalue weighted by atomic mass is 9.72. The van der Waals surface area contributed by atoms with Crippen molar-refractivity contribution in [2.24, 2.45) is 17.3 Å². The van der Waals surface area contributed by atoms with Crippen LogP contribution in [0.25, 0.3) is 0 Å². The van der Waals surface area contributed by atoms with Gasteiger partial charge in [-0.2, -0.15) is 0 Å². The molecule has 2 aliphatic rings. The standard InChI is InChI=1S/C14H24/c1-4-5-6-7-13-11-8-9-12(10-11)14(13,2)3/h7,11-12H,4-6,8-10H2,1-3H3. The van der Waals surface area contributed by atoms with Gasteiger partial charge in [-0.25, -0.2) is 0 Å². The first-order chi connectivity index (χ1) is 6.66.